The number of fused-ring (bicyclic) bond motifs is 1. The summed E-state index contributed by atoms with van der Waals surface area (Å²) in [7, 11) is 0. The summed E-state index contributed by atoms with van der Waals surface area (Å²) in [5, 5.41) is 17.7. The molecular formula is C24H28N6. The molecule has 1 saturated heterocycles. The van der Waals surface area contributed by atoms with Gasteiger partial charge in [-0.2, -0.15) is 5.26 Å². The van der Waals surface area contributed by atoms with Crippen LogP contribution in [0.1, 0.15) is 29.5 Å². The van der Waals surface area contributed by atoms with Crippen molar-refractivity contribution < 1.29 is 0 Å². The Bertz CT molecular complexity index is 1070. The lowest BCUT2D eigenvalue weighted by Crippen LogP contribution is -2.28. The molecule has 0 saturated carbocycles. The summed E-state index contributed by atoms with van der Waals surface area (Å²) in [6.07, 6.45) is 11.8. The van der Waals surface area contributed by atoms with Crippen molar-refractivity contribution in [3.8, 4) is 6.07 Å². The van der Waals surface area contributed by atoms with Crippen LogP contribution in [-0.4, -0.2) is 47.6 Å². The first-order valence-electron chi connectivity index (χ1n) is 10.6. The molecule has 3 aromatic rings. The molecule has 0 unspecified atom stereocenters. The molecule has 4 rings (SSSR count). The Morgan fingerprint density at radius 2 is 2.17 bits per heavy atom. The van der Waals surface area contributed by atoms with E-state index in [-0.39, 0.29) is 0 Å². The molecule has 154 valence electrons. The van der Waals surface area contributed by atoms with Gasteiger partial charge in [0.05, 0.1) is 11.3 Å². The van der Waals surface area contributed by atoms with Crippen molar-refractivity contribution in [1.82, 2.24) is 20.2 Å². The van der Waals surface area contributed by atoms with Crippen LogP contribution in [0.2, 0.25) is 0 Å². The van der Waals surface area contributed by atoms with Crippen LogP contribution >= 0.6 is 0 Å². The number of benzene rings is 1. The van der Waals surface area contributed by atoms with Crippen molar-refractivity contribution in [1.29, 1.82) is 5.26 Å². The first kappa shape index (κ1) is 20.1. The number of pyridine rings is 1. The van der Waals surface area contributed by atoms with Crippen LogP contribution in [0.15, 0.2) is 42.9 Å². The highest BCUT2D eigenvalue weighted by atomic mass is 15.1. The zero-order valence-electron chi connectivity index (χ0n) is 17.4. The maximum atomic E-state index is 9.63. The molecule has 0 aliphatic carbocycles. The second-order valence-electron chi connectivity index (χ2n) is 7.70. The topological polar surface area (TPSA) is 79.8 Å². The van der Waals surface area contributed by atoms with E-state index in [2.05, 4.69) is 68.8 Å². The predicted molar refractivity (Wildman–Crippen MR) is 123 cm³/mol. The van der Waals surface area contributed by atoms with E-state index in [0.717, 1.165) is 67.2 Å². The van der Waals surface area contributed by atoms with Gasteiger partial charge in [0.1, 0.15) is 6.07 Å². The van der Waals surface area contributed by atoms with Crippen molar-refractivity contribution in [3.05, 3.63) is 59.6 Å². The number of anilines is 2. The quantitative estimate of drug-likeness (QED) is 0.578. The van der Waals surface area contributed by atoms with Crippen LogP contribution in [0.25, 0.3) is 17.0 Å². The van der Waals surface area contributed by atoms with Gasteiger partial charge >= 0.3 is 0 Å². The Hall–Kier alpha value is -3.14. The highest BCUT2D eigenvalue weighted by Gasteiger charge is 2.11. The molecule has 1 aliphatic rings. The third kappa shape index (κ3) is 4.54. The largest absolute Gasteiger partial charge is 0.361 e. The van der Waals surface area contributed by atoms with E-state index >= 15 is 0 Å². The summed E-state index contributed by atoms with van der Waals surface area (Å²) in [5.41, 5.74) is 5.54. The molecule has 30 heavy (non-hydrogen) atoms. The number of nitrogens with zero attached hydrogens (tertiary/aromatic N) is 3. The summed E-state index contributed by atoms with van der Waals surface area (Å²) in [6.45, 7) is 7.58. The maximum absolute atomic E-state index is 9.63. The van der Waals surface area contributed by atoms with Gasteiger partial charge in [-0.05, 0) is 56.6 Å². The molecule has 2 aromatic heterocycles. The lowest BCUT2D eigenvalue weighted by Gasteiger charge is -2.18. The van der Waals surface area contributed by atoms with E-state index in [1.807, 2.05) is 12.4 Å². The molecule has 0 spiro atoms. The molecule has 3 heterocycles. The number of hydrogen-bond acceptors (Lipinski definition) is 5. The minimum absolute atomic E-state index is 0.546. The number of nitrogens with one attached hydrogen (secondary N) is 3. The maximum Gasteiger partial charge on any atom is 0.103 e. The van der Waals surface area contributed by atoms with Crippen molar-refractivity contribution in [2.75, 3.05) is 38.0 Å². The molecule has 3 N–H and O–H groups in total. The Morgan fingerprint density at radius 3 is 3.07 bits per heavy atom. The molecule has 0 amide bonds. The Kier molecular flexibility index (Phi) is 6.43. The van der Waals surface area contributed by atoms with E-state index in [1.165, 1.54) is 11.8 Å². The number of nitriles is 1. The first-order valence-corrected chi connectivity index (χ1v) is 10.6. The summed E-state index contributed by atoms with van der Waals surface area (Å²) in [4.78, 5) is 10.0. The lowest BCUT2D eigenvalue weighted by molar-refractivity contribution is 0.298. The molecule has 6 heteroatoms. The fourth-order valence-electron chi connectivity index (χ4n) is 3.97. The molecule has 1 aliphatic heterocycles. The summed E-state index contributed by atoms with van der Waals surface area (Å²) in [5.74, 6) is 0. The average Bonchev–Trinajstić information content (AvgIpc) is 3.10. The van der Waals surface area contributed by atoms with E-state index in [9.17, 15) is 5.26 Å². The second kappa shape index (κ2) is 9.57. The zero-order valence-corrected chi connectivity index (χ0v) is 17.4. The van der Waals surface area contributed by atoms with Crippen LogP contribution < -0.4 is 10.6 Å². The monoisotopic (exact) mass is 400 g/mol. The summed E-state index contributed by atoms with van der Waals surface area (Å²) in [6, 6.07) is 8.46. The molecular weight excluding hydrogens is 372 g/mol. The van der Waals surface area contributed by atoms with Crippen LogP contribution in [0.5, 0.6) is 0 Å². The van der Waals surface area contributed by atoms with Gasteiger partial charge in [-0.15, -0.1) is 0 Å². The lowest BCUT2D eigenvalue weighted by atomic mass is 10.1. The molecule has 0 radical (unpaired) electrons. The van der Waals surface area contributed by atoms with Crippen LogP contribution in [0.3, 0.4) is 0 Å². The Labute approximate surface area is 177 Å². The van der Waals surface area contributed by atoms with Gasteiger partial charge in [-0.25, -0.2) is 0 Å². The van der Waals surface area contributed by atoms with E-state index < -0.39 is 0 Å². The van der Waals surface area contributed by atoms with Gasteiger partial charge in [-0.1, -0.05) is 12.2 Å². The Balaban J connectivity index is 1.52. The smallest absolute Gasteiger partial charge is 0.103 e. The van der Waals surface area contributed by atoms with Crippen LogP contribution in [0.4, 0.5) is 11.4 Å². The van der Waals surface area contributed by atoms with Crippen LogP contribution in [-0.2, 0) is 0 Å². The van der Waals surface area contributed by atoms with Gasteiger partial charge in [0.2, 0.25) is 0 Å². The standard InChI is InChI=1S/C24H28N6/c1-18-21-8-10-28-23(21)7-6-22(18)29-24-19(16-27-17-20(24)15-25)5-2-3-12-30-13-4-9-26-11-14-30/h2,5-8,10,16-17,26,28H,3-4,9,11-14H2,1H3,(H,27,29)/b5-2+. The van der Waals surface area contributed by atoms with Gasteiger partial charge in [0.25, 0.3) is 0 Å². The number of H-pyrrole nitrogens is 1. The molecule has 6 nitrogen and oxygen atoms in total. The fourth-order valence-corrected chi connectivity index (χ4v) is 3.97. The number of aromatic nitrogens is 2. The van der Waals surface area contributed by atoms with Gasteiger partial charge in [0, 0.05) is 60.4 Å². The predicted octanol–water partition coefficient (Wildman–Crippen LogP) is 4.19. The molecule has 1 aromatic carbocycles. The zero-order chi connectivity index (χ0) is 20.8. The van der Waals surface area contributed by atoms with E-state index in [0.29, 0.717) is 5.56 Å². The normalized spacial score (nSPS) is 15.3. The number of hydrogen-bond donors (Lipinski definition) is 3. The van der Waals surface area contributed by atoms with Crippen molar-refractivity contribution in [3.63, 3.8) is 0 Å². The summed E-state index contributed by atoms with van der Waals surface area (Å²) >= 11 is 0. The van der Waals surface area contributed by atoms with E-state index in [4.69, 9.17) is 0 Å². The minimum atomic E-state index is 0.546. The SMILES string of the molecule is Cc1c(Nc2c(C#N)cncc2/C=C/CCN2CCCNCC2)ccc2[nH]ccc12. The van der Waals surface area contributed by atoms with Crippen LogP contribution in [0, 0.1) is 18.3 Å². The first-order chi connectivity index (χ1) is 14.8. The third-order valence-corrected chi connectivity index (χ3v) is 5.70. The fraction of sp³-hybridized carbons (Fsp3) is 0.333. The van der Waals surface area contributed by atoms with Crippen molar-refractivity contribution in [2.45, 2.75) is 19.8 Å². The summed E-state index contributed by atoms with van der Waals surface area (Å²) < 4.78 is 0. The van der Waals surface area contributed by atoms with Crippen molar-refractivity contribution in [2.24, 2.45) is 0 Å². The van der Waals surface area contributed by atoms with E-state index in [1.54, 1.807) is 6.20 Å². The highest BCUT2D eigenvalue weighted by Crippen LogP contribution is 2.30. The third-order valence-electron chi connectivity index (χ3n) is 5.70. The molecule has 1 fully saturated rings. The van der Waals surface area contributed by atoms with Gasteiger partial charge < -0.3 is 20.5 Å². The number of rotatable bonds is 6. The van der Waals surface area contributed by atoms with Gasteiger partial charge in [0.15, 0.2) is 0 Å². The average molecular weight is 401 g/mol. The number of aryl methyl sites for hydroxylation is 1. The minimum Gasteiger partial charge on any atom is -0.361 e. The van der Waals surface area contributed by atoms with Crippen molar-refractivity contribution >= 4 is 28.4 Å². The Morgan fingerprint density at radius 1 is 1.23 bits per heavy atom. The molecule has 0 atom stereocenters. The number of aromatic amines is 1. The molecule has 0 bridgehead atoms. The highest BCUT2D eigenvalue weighted by molar-refractivity contribution is 5.89. The van der Waals surface area contributed by atoms with Gasteiger partial charge in [-0.3, -0.25) is 4.98 Å². The second-order valence-corrected chi connectivity index (χ2v) is 7.70.